The molecule has 3 amide bonds. The average molecular weight is 421 g/mol. The highest BCUT2D eigenvalue weighted by atomic mass is 16.4. The number of likely N-dealkylation sites (tertiary alicyclic amines) is 1. The molecular weight excluding hydrogens is 388 g/mol. The fourth-order valence-electron chi connectivity index (χ4n) is 4.01. The van der Waals surface area contributed by atoms with Gasteiger partial charge in [-0.3, -0.25) is 19.2 Å². The maximum Gasteiger partial charge on any atom is 0.305 e. The second-order valence-electron chi connectivity index (χ2n) is 7.99. The van der Waals surface area contributed by atoms with Gasteiger partial charge < -0.3 is 26.0 Å². The van der Waals surface area contributed by atoms with Gasteiger partial charge >= 0.3 is 5.97 Å². The third-order valence-corrected chi connectivity index (χ3v) is 5.75. The Morgan fingerprint density at radius 3 is 2.60 bits per heavy atom. The normalized spacial score (nSPS) is 20.6. The van der Waals surface area contributed by atoms with Gasteiger partial charge in [-0.2, -0.15) is 0 Å². The van der Waals surface area contributed by atoms with Crippen LogP contribution in [-0.2, 0) is 19.2 Å². The fraction of sp³-hybridized carbons (Fsp3) is 0.714. The minimum absolute atomic E-state index is 0.0480. The van der Waals surface area contributed by atoms with Crippen LogP contribution in [-0.4, -0.2) is 72.5 Å². The topological polar surface area (TPSA) is 128 Å². The van der Waals surface area contributed by atoms with Crippen molar-refractivity contribution >= 4 is 23.7 Å². The second-order valence-corrected chi connectivity index (χ2v) is 7.99. The molecule has 0 bridgehead atoms. The van der Waals surface area contributed by atoms with Gasteiger partial charge in [0.2, 0.25) is 17.7 Å². The first-order valence-electron chi connectivity index (χ1n) is 10.6. The first kappa shape index (κ1) is 23.7. The molecule has 0 saturated carbocycles. The van der Waals surface area contributed by atoms with E-state index in [9.17, 15) is 19.2 Å². The van der Waals surface area contributed by atoms with Gasteiger partial charge in [0.15, 0.2) is 0 Å². The van der Waals surface area contributed by atoms with Gasteiger partial charge in [-0.25, -0.2) is 0 Å². The molecule has 2 fully saturated rings. The zero-order chi connectivity index (χ0) is 21.9. The van der Waals surface area contributed by atoms with Gasteiger partial charge in [0, 0.05) is 19.5 Å². The Balaban J connectivity index is 1.86. The van der Waals surface area contributed by atoms with E-state index in [1.54, 1.807) is 4.90 Å². The summed E-state index contributed by atoms with van der Waals surface area (Å²) in [6.07, 6.45) is 9.38. The smallest absolute Gasteiger partial charge is 0.305 e. The number of carbonyl (C=O) groups excluding carboxylic acids is 3. The molecule has 0 radical (unpaired) electrons. The molecule has 0 spiro atoms. The van der Waals surface area contributed by atoms with Crippen molar-refractivity contribution in [2.24, 2.45) is 11.8 Å². The van der Waals surface area contributed by atoms with E-state index < -0.39 is 36.2 Å². The predicted molar refractivity (Wildman–Crippen MR) is 110 cm³/mol. The van der Waals surface area contributed by atoms with Crippen LogP contribution >= 0.6 is 0 Å². The molecule has 166 valence electrons. The molecule has 0 aliphatic carbocycles. The minimum atomic E-state index is -1.20. The number of nitrogens with one attached hydrogen (secondary N) is 3. The lowest BCUT2D eigenvalue weighted by molar-refractivity contribution is -0.141. The van der Waals surface area contributed by atoms with Crippen LogP contribution in [0.2, 0.25) is 0 Å². The van der Waals surface area contributed by atoms with Gasteiger partial charge in [-0.05, 0) is 51.1 Å². The first-order chi connectivity index (χ1) is 14.4. The first-order valence-corrected chi connectivity index (χ1v) is 10.6. The Morgan fingerprint density at radius 1 is 1.20 bits per heavy atom. The lowest BCUT2D eigenvalue weighted by Crippen LogP contribution is -2.52. The molecule has 2 atom stereocenters. The second kappa shape index (κ2) is 12.2. The Labute approximate surface area is 177 Å². The Hall–Kier alpha value is -2.60. The molecule has 0 aromatic rings. The van der Waals surface area contributed by atoms with E-state index in [1.807, 2.05) is 0 Å². The highest BCUT2D eigenvalue weighted by Gasteiger charge is 2.32. The van der Waals surface area contributed by atoms with E-state index in [0.29, 0.717) is 38.3 Å². The van der Waals surface area contributed by atoms with E-state index in [4.69, 9.17) is 11.5 Å². The van der Waals surface area contributed by atoms with Crippen LogP contribution in [0, 0.1) is 24.2 Å². The number of aliphatic carboxylic acids is 1. The molecule has 2 aliphatic heterocycles. The molecule has 0 aromatic heterocycles. The van der Waals surface area contributed by atoms with Crippen molar-refractivity contribution < 1.29 is 24.3 Å². The summed E-state index contributed by atoms with van der Waals surface area (Å²) in [7, 11) is 0. The van der Waals surface area contributed by atoms with E-state index >= 15 is 0 Å². The summed E-state index contributed by atoms with van der Waals surface area (Å²) < 4.78 is 0. The van der Waals surface area contributed by atoms with Crippen LogP contribution in [0.5, 0.6) is 0 Å². The maximum atomic E-state index is 12.7. The van der Waals surface area contributed by atoms with Crippen LogP contribution in [0.25, 0.3) is 0 Å². The Bertz CT molecular complexity index is 669. The summed E-state index contributed by atoms with van der Waals surface area (Å²) in [5.41, 5.74) is 0. The number of rotatable bonds is 9. The molecule has 2 heterocycles. The summed E-state index contributed by atoms with van der Waals surface area (Å²) in [4.78, 5) is 50.2. The van der Waals surface area contributed by atoms with Crippen LogP contribution < -0.4 is 16.0 Å². The average Bonchev–Trinajstić information content (AvgIpc) is 2.75. The number of terminal acetylenes is 1. The summed E-state index contributed by atoms with van der Waals surface area (Å²) in [6.45, 7) is 2.86. The lowest BCUT2D eigenvalue weighted by atomic mass is 9.92. The van der Waals surface area contributed by atoms with Crippen LogP contribution in [0.4, 0.5) is 0 Å². The van der Waals surface area contributed by atoms with Crippen molar-refractivity contribution in [1.29, 1.82) is 0 Å². The summed E-state index contributed by atoms with van der Waals surface area (Å²) >= 11 is 0. The van der Waals surface area contributed by atoms with Gasteiger partial charge in [0.05, 0.1) is 18.9 Å². The molecule has 30 heavy (non-hydrogen) atoms. The number of carbonyl (C=O) groups is 4. The number of amides is 3. The van der Waals surface area contributed by atoms with Gasteiger partial charge in [0.25, 0.3) is 0 Å². The highest BCUT2D eigenvalue weighted by Crippen LogP contribution is 2.21. The number of hydrogen-bond donors (Lipinski definition) is 4. The number of piperidine rings is 2. The SMILES string of the molecule is C#CCNC(=O)[C@H](CC(=O)O)NC(=O)[C@@H]1CCCN(C(=O)CCC2CCNCC2)C1. The van der Waals surface area contributed by atoms with Crippen LogP contribution in [0.1, 0.15) is 44.9 Å². The number of carboxylic acids is 1. The van der Waals surface area contributed by atoms with Crippen LogP contribution in [0.3, 0.4) is 0 Å². The van der Waals surface area contributed by atoms with Gasteiger partial charge in [-0.15, -0.1) is 6.42 Å². The van der Waals surface area contributed by atoms with Crippen molar-refractivity contribution in [1.82, 2.24) is 20.9 Å². The zero-order valence-corrected chi connectivity index (χ0v) is 17.3. The Morgan fingerprint density at radius 2 is 1.93 bits per heavy atom. The third-order valence-electron chi connectivity index (χ3n) is 5.75. The third kappa shape index (κ3) is 7.67. The maximum absolute atomic E-state index is 12.7. The van der Waals surface area contributed by atoms with Crippen molar-refractivity contribution in [3.05, 3.63) is 0 Å². The van der Waals surface area contributed by atoms with Gasteiger partial charge in [0.1, 0.15) is 6.04 Å². The zero-order valence-electron chi connectivity index (χ0n) is 17.3. The standard InChI is InChI=1S/C21H32N4O5/c1-2-9-23-21(30)17(13-19(27)28)24-20(29)16-4-3-12-25(14-16)18(26)6-5-15-7-10-22-11-8-15/h1,15-17,22H,3-14H2,(H,23,30)(H,24,29)(H,27,28)/t16-,17+/m1/s1. The largest absolute Gasteiger partial charge is 0.481 e. The number of hydrogen-bond acceptors (Lipinski definition) is 5. The monoisotopic (exact) mass is 420 g/mol. The molecule has 0 aromatic carbocycles. The summed E-state index contributed by atoms with van der Waals surface area (Å²) in [5, 5.41) is 17.3. The van der Waals surface area contributed by atoms with Crippen molar-refractivity contribution in [3.63, 3.8) is 0 Å². The molecular formula is C21H32N4O5. The summed E-state index contributed by atoms with van der Waals surface area (Å²) in [6, 6.07) is -1.20. The van der Waals surface area contributed by atoms with Crippen molar-refractivity contribution in [2.45, 2.75) is 51.0 Å². The summed E-state index contributed by atoms with van der Waals surface area (Å²) in [5.74, 6) is 0.161. The highest BCUT2D eigenvalue weighted by molar-refractivity contribution is 5.91. The lowest BCUT2D eigenvalue weighted by Gasteiger charge is -2.33. The number of carboxylic acid groups (broad SMARTS) is 1. The van der Waals surface area contributed by atoms with Crippen molar-refractivity contribution in [3.8, 4) is 12.3 Å². The van der Waals surface area contributed by atoms with Gasteiger partial charge in [-0.1, -0.05) is 5.92 Å². The van der Waals surface area contributed by atoms with E-state index in [2.05, 4.69) is 21.9 Å². The quantitative estimate of drug-likeness (QED) is 0.380. The minimum Gasteiger partial charge on any atom is -0.481 e. The number of nitrogens with zero attached hydrogens (tertiary/aromatic N) is 1. The molecule has 2 rings (SSSR count). The fourth-order valence-corrected chi connectivity index (χ4v) is 4.01. The van der Waals surface area contributed by atoms with E-state index in [-0.39, 0.29) is 12.5 Å². The molecule has 2 aliphatic rings. The van der Waals surface area contributed by atoms with E-state index in [0.717, 1.165) is 32.4 Å². The Kier molecular flexibility index (Phi) is 9.61. The molecule has 4 N–H and O–H groups in total. The van der Waals surface area contributed by atoms with Crippen molar-refractivity contribution in [2.75, 3.05) is 32.7 Å². The molecule has 2 saturated heterocycles. The van der Waals surface area contributed by atoms with Crippen LogP contribution in [0.15, 0.2) is 0 Å². The predicted octanol–water partition coefficient (Wildman–Crippen LogP) is -0.286. The molecule has 9 nitrogen and oxygen atoms in total. The molecule has 9 heteroatoms. The molecule has 0 unspecified atom stereocenters. The van der Waals surface area contributed by atoms with E-state index in [1.165, 1.54) is 0 Å².